The quantitative estimate of drug-likeness (QED) is 0.594. The number of thiol groups is 1. The Hall–Kier alpha value is 0.600. The molecule has 0 aromatic carbocycles. The minimum atomic E-state index is 0. The highest BCUT2D eigenvalue weighted by molar-refractivity contribution is 7.80. The van der Waals surface area contributed by atoms with Gasteiger partial charge in [0.15, 0.2) is 0 Å². The van der Waals surface area contributed by atoms with Crippen LogP contribution in [-0.2, 0) is 0 Å². The van der Waals surface area contributed by atoms with Gasteiger partial charge >= 0.3 is 0 Å². The molecule has 2 N–H and O–H groups in total. The van der Waals surface area contributed by atoms with Gasteiger partial charge in [0, 0.05) is 6.04 Å². The molecule has 0 heterocycles. The molecule has 0 aromatic rings. The third-order valence-corrected chi connectivity index (χ3v) is 1.28. The van der Waals surface area contributed by atoms with Crippen LogP contribution in [0.4, 0.5) is 0 Å². The fraction of sp³-hybridized carbons (Fsp3) is 1.00. The van der Waals surface area contributed by atoms with Gasteiger partial charge in [-0.3, -0.25) is 0 Å². The Kier molecular flexibility index (Phi) is 10.8. The molecular weight excluding hydrogens is 142 g/mol. The second-order valence-electron chi connectivity index (χ2n) is 1.68. The number of hydrogen-bond donors (Lipinski definition) is 2. The number of hydrogen-bond acceptors (Lipinski definition) is 2. The SMILES string of the molecule is CCC(N)CCS.Cl. The Balaban J connectivity index is 0. The van der Waals surface area contributed by atoms with Gasteiger partial charge in [0.25, 0.3) is 0 Å². The molecule has 52 valence electrons. The minimum absolute atomic E-state index is 0. The summed E-state index contributed by atoms with van der Waals surface area (Å²) in [6.07, 6.45) is 2.11. The molecule has 3 heteroatoms. The topological polar surface area (TPSA) is 26.0 Å². The number of halogens is 1. The lowest BCUT2D eigenvalue weighted by atomic mass is 10.2. The highest BCUT2D eigenvalue weighted by atomic mass is 35.5. The van der Waals surface area contributed by atoms with Gasteiger partial charge < -0.3 is 5.73 Å². The van der Waals surface area contributed by atoms with Crippen LogP contribution < -0.4 is 5.73 Å². The monoisotopic (exact) mass is 155 g/mol. The molecule has 0 radical (unpaired) electrons. The van der Waals surface area contributed by atoms with E-state index < -0.39 is 0 Å². The Morgan fingerprint density at radius 2 is 2.12 bits per heavy atom. The van der Waals surface area contributed by atoms with Gasteiger partial charge in [0.1, 0.15) is 0 Å². The van der Waals surface area contributed by atoms with Crippen LogP contribution in [0.3, 0.4) is 0 Å². The maximum atomic E-state index is 5.53. The Labute approximate surface area is 62.8 Å². The Bertz CT molecular complexity index is 43.4. The predicted molar refractivity (Wildman–Crippen MR) is 44.0 cm³/mol. The largest absolute Gasteiger partial charge is 0.328 e. The summed E-state index contributed by atoms with van der Waals surface area (Å²) in [5.41, 5.74) is 5.53. The normalized spacial score (nSPS) is 12.4. The molecule has 0 saturated carbocycles. The molecule has 1 nitrogen and oxygen atoms in total. The maximum absolute atomic E-state index is 5.53. The van der Waals surface area contributed by atoms with E-state index in [9.17, 15) is 0 Å². The van der Waals surface area contributed by atoms with Crippen LogP contribution in [0.15, 0.2) is 0 Å². The van der Waals surface area contributed by atoms with Crippen molar-refractivity contribution in [3.8, 4) is 0 Å². The predicted octanol–water partition coefficient (Wildman–Crippen LogP) is 1.47. The fourth-order valence-electron chi connectivity index (χ4n) is 0.370. The number of nitrogens with two attached hydrogens (primary N) is 1. The van der Waals surface area contributed by atoms with Gasteiger partial charge in [-0.05, 0) is 18.6 Å². The standard InChI is InChI=1S/C5H13NS.ClH/c1-2-5(6)3-4-7;/h5,7H,2-4,6H2,1H3;1H. The highest BCUT2D eigenvalue weighted by Gasteiger charge is 1.93. The average Bonchev–Trinajstić information content (AvgIpc) is 1.68. The summed E-state index contributed by atoms with van der Waals surface area (Å²) in [6, 6.07) is 0.373. The summed E-state index contributed by atoms with van der Waals surface area (Å²) < 4.78 is 0. The van der Waals surface area contributed by atoms with E-state index in [0.717, 1.165) is 18.6 Å². The smallest absolute Gasteiger partial charge is 0.00439 e. The van der Waals surface area contributed by atoms with Crippen molar-refractivity contribution in [2.45, 2.75) is 25.8 Å². The van der Waals surface area contributed by atoms with Crippen LogP contribution in [0.1, 0.15) is 19.8 Å². The van der Waals surface area contributed by atoms with Crippen LogP contribution in [0.5, 0.6) is 0 Å². The second-order valence-corrected chi connectivity index (χ2v) is 2.13. The summed E-state index contributed by atoms with van der Waals surface area (Å²) in [5, 5.41) is 0. The summed E-state index contributed by atoms with van der Waals surface area (Å²) in [7, 11) is 0. The molecular formula is C5H14ClNS. The summed E-state index contributed by atoms with van der Waals surface area (Å²) >= 11 is 4.03. The van der Waals surface area contributed by atoms with Crippen LogP contribution >= 0.6 is 25.0 Å². The molecule has 0 rings (SSSR count). The van der Waals surface area contributed by atoms with Crippen molar-refractivity contribution >= 4 is 25.0 Å². The molecule has 0 amide bonds. The van der Waals surface area contributed by atoms with E-state index in [1.54, 1.807) is 0 Å². The van der Waals surface area contributed by atoms with Crippen LogP contribution in [0, 0.1) is 0 Å². The zero-order valence-corrected chi connectivity index (χ0v) is 6.84. The molecule has 1 unspecified atom stereocenters. The summed E-state index contributed by atoms with van der Waals surface area (Å²) in [5.74, 6) is 0.912. The third-order valence-electron chi connectivity index (χ3n) is 1.02. The van der Waals surface area contributed by atoms with Gasteiger partial charge in [-0.15, -0.1) is 12.4 Å². The van der Waals surface area contributed by atoms with Crippen LogP contribution in [0.25, 0.3) is 0 Å². The molecule has 0 bridgehead atoms. The lowest BCUT2D eigenvalue weighted by Crippen LogP contribution is -2.18. The lowest BCUT2D eigenvalue weighted by Gasteiger charge is -2.02. The van der Waals surface area contributed by atoms with Crippen molar-refractivity contribution in [3.05, 3.63) is 0 Å². The van der Waals surface area contributed by atoms with E-state index in [1.165, 1.54) is 0 Å². The Morgan fingerprint density at radius 1 is 1.62 bits per heavy atom. The zero-order valence-electron chi connectivity index (χ0n) is 5.13. The first-order valence-electron chi connectivity index (χ1n) is 2.67. The van der Waals surface area contributed by atoms with Gasteiger partial charge in [0.2, 0.25) is 0 Å². The van der Waals surface area contributed by atoms with Gasteiger partial charge in [-0.2, -0.15) is 12.6 Å². The second kappa shape index (κ2) is 7.60. The van der Waals surface area contributed by atoms with Crippen molar-refractivity contribution in [1.29, 1.82) is 0 Å². The minimum Gasteiger partial charge on any atom is -0.328 e. The van der Waals surface area contributed by atoms with Crippen molar-refractivity contribution in [2.75, 3.05) is 5.75 Å². The first-order valence-corrected chi connectivity index (χ1v) is 3.31. The molecule has 1 atom stereocenters. The van der Waals surface area contributed by atoms with Gasteiger partial charge in [-0.1, -0.05) is 6.92 Å². The molecule has 0 saturated heterocycles. The fourth-order valence-corrected chi connectivity index (χ4v) is 0.702. The van der Waals surface area contributed by atoms with Crippen LogP contribution in [0.2, 0.25) is 0 Å². The van der Waals surface area contributed by atoms with E-state index in [1.807, 2.05) is 0 Å². The van der Waals surface area contributed by atoms with Crippen molar-refractivity contribution in [3.63, 3.8) is 0 Å². The molecule has 0 aliphatic carbocycles. The maximum Gasteiger partial charge on any atom is 0.00439 e. The van der Waals surface area contributed by atoms with Gasteiger partial charge in [0.05, 0.1) is 0 Å². The lowest BCUT2D eigenvalue weighted by molar-refractivity contribution is 0.635. The Morgan fingerprint density at radius 3 is 2.25 bits per heavy atom. The first-order chi connectivity index (χ1) is 3.31. The summed E-state index contributed by atoms with van der Waals surface area (Å²) in [6.45, 7) is 2.09. The van der Waals surface area contributed by atoms with Crippen LogP contribution in [-0.4, -0.2) is 11.8 Å². The van der Waals surface area contributed by atoms with E-state index in [0.29, 0.717) is 6.04 Å². The van der Waals surface area contributed by atoms with Crippen molar-refractivity contribution in [2.24, 2.45) is 5.73 Å². The van der Waals surface area contributed by atoms with Gasteiger partial charge in [-0.25, -0.2) is 0 Å². The van der Waals surface area contributed by atoms with E-state index in [2.05, 4.69) is 19.6 Å². The van der Waals surface area contributed by atoms with E-state index in [4.69, 9.17) is 5.73 Å². The molecule has 0 spiro atoms. The molecule has 0 aliphatic heterocycles. The molecule has 0 fully saturated rings. The van der Waals surface area contributed by atoms with E-state index in [-0.39, 0.29) is 12.4 Å². The zero-order chi connectivity index (χ0) is 5.70. The molecule has 0 aromatic heterocycles. The highest BCUT2D eigenvalue weighted by Crippen LogP contribution is 1.93. The third kappa shape index (κ3) is 6.60. The molecule has 0 aliphatic rings. The number of rotatable bonds is 3. The van der Waals surface area contributed by atoms with Crippen molar-refractivity contribution in [1.82, 2.24) is 0 Å². The van der Waals surface area contributed by atoms with E-state index >= 15 is 0 Å². The molecule has 8 heavy (non-hydrogen) atoms. The summed E-state index contributed by atoms with van der Waals surface area (Å²) in [4.78, 5) is 0. The average molecular weight is 156 g/mol. The van der Waals surface area contributed by atoms with Crippen molar-refractivity contribution < 1.29 is 0 Å². The first kappa shape index (κ1) is 11.4.